The van der Waals surface area contributed by atoms with E-state index in [0.29, 0.717) is 6.42 Å². The first-order valence-corrected chi connectivity index (χ1v) is 5.73. The van der Waals surface area contributed by atoms with Crippen molar-refractivity contribution in [1.82, 2.24) is 0 Å². The molecule has 1 aromatic carbocycles. The van der Waals surface area contributed by atoms with Crippen LogP contribution in [-0.2, 0) is 6.61 Å². The lowest BCUT2D eigenvalue weighted by Gasteiger charge is -2.26. The van der Waals surface area contributed by atoms with Crippen LogP contribution in [0.5, 0.6) is 5.75 Å². The monoisotopic (exact) mass is 239 g/mol. The van der Waals surface area contributed by atoms with E-state index in [1.165, 1.54) is 0 Å². The molecular formula is C13H21NO3. The van der Waals surface area contributed by atoms with Gasteiger partial charge in [-0.1, -0.05) is 12.1 Å². The Morgan fingerprint density at radius 2 is 1.88 bits per heavy atom. The van der Waals surface area contributed by atoms with Gasteiger partial charge in [-0.15, -0.1) is 0 Å². The normalized spacial score (nSPS) is 16.3. The van der Waals surface area contributed by atoms with Crippen LogP contribution < -0.4 is 10.5 Å². The molecule has 1 rings (SSSR count). The maximum atomic E-state index is 9.07. The number of nitrogens with two attached hydrogens (primary N) is 1. The summed E-state index contributed by atoms with van der Waals surface area (Å²) in [6, 6.07) is 7.26. The van der Waals surface area contributed by atoms with Gasteiger partial charge in [0.05, 0.1) is 19.3 Å². The third-order valence-corrected chi connectivity index (χ3v) is 2.56. The summed E-state index contributed by atoms with van der Waals surface area (Å²) in [5.41, 5.74) is 6.08. The Balaban J connectivity index is 2.52. The first-order chi connectivity index (χ1) is 7.96. The number of aliphatic hydroxyl groups excluding tert-OH is 2. The molecule has 0 saturated heterocycles. The number of rotatable bonds is 6. The molecule has 2 unspecified atom stereocenters. The SMILES string of the molecule is CC(CC(C)(N)CO)Oc1ccc(CO)cc1. The topological polar surface area (TPSA) is 75.7 Å². The molecule has 2 atom stereocenters. The van der Waals surface area contributed by atoms with Crippen LogP contribution >= 0.6 is 0 Å². The summed E-state index contributed by atoms with van der Waals surface area (Å²) in [5, 5.41) is 18.0. The molecule has 0 radical (unpaired) electrons. The molecule has 0 amide bonds. The molecule has 0 spiro atoms. The minimum atomic E-state index is -0.621. The van der Waals surface area contributed by atoms with Crippen molar-refractivity contribution in [1.29, 1.82) is 0 Å². The predicted molar refractivity (Wildman–Crippen MR) is 66.8 cm³/mol. The van der Waals surface area contributed by atoms with Crippen LogP contribution in [0.15, 0.2) is 24.3 Å². The van der Waals surface area contributed by atoms with Crippen molar-refractivity contribution < 1.29 is 14.9 Å². The molecule has 0 heterocycles. The van der Waals surface area contributed by atoms with Gasteiger partial charge in [0, 0.05) is 12.0 Å². The molecule has 17 heavy (non-hydrogen) atoms. The highest BCUT2D eigenvalue weighted by Crippen LogP contribution is 2.17. The fraction of sp³-hybridized carbons (Fsp3) is 0.538. The largest absolute Gasteiger partial charge is 0.491 e. The molecule has 96 valence electrons. The highest BCUT2D eigenvalue weighted by molar-refractivity contribution is 5.27. The molecule has 0 saturated carbocycles. The van der Waals surface area contributed by atoms with Crippen molar-refractivity contribution in [3.8, 4) is 5.75 Å². The molecule has 0 aliphatic carbocycles. The molecule has 4 N–H and O–H groups in total. The van der Waals surface area contributed by atoms with Crippen molar-refractivity contribution in [3.63, 3.8) is 0 Å². The number of benzene rings is 1. The zero-order valence-corrected chi connectivity index (χ0v) is 10.4. The first kappa shape index (κ1) is 14.0. The van der Waals surface area contributed by atoms with Crippen molar-refractivity contribution in [3.05, 3.63) is 29.8 Å². The van der Waals surface area contributed by atoms with Gasteiger partial charge in [-0.2, -0.15) is 0 Å². The standard InChI is InChI=1S/C13H21NO3/c1-10(7-13(2,14)9-16)17-12-5-3-11(8-15)4-6-12/h3-6,10,15-16H,7-9,14H2,1-2H3. The number of ether oxygens (including phenoxy) is 1. The molecule has 0 aliphatic rings. The summed E-state index contributed by atoms with van der Waals surface area (Å²) in [6.07, 6.45) is 0.503. The van der Waals surface area contributed by atoms with Crippen molar-refractivity contribution >= 4 is 0 Å². The maximum absolute atomic E-state index is 9.07. The van der Waals surface area contributed by atoms with Crippen LogP contribution in [-0.4, -0.2) is 28.5 Å². The Morgan fingerprint density at radius 1 is 1.29 bits per heavy atom. The lowest BCUT2D eigenvalue weighted by molar-refractivity contribution is 0.133. The van der Waals surface area contributed by atoms with Gasteiger partial charge >= 0.3 is 0 Å². The average Bonchev–Trinajstić information content (AvgIpc) is 2.29. The van der Waals surface area contributed by atoms with E-state index < -0.39 is 5.54 Å². The summed E-state index contributed by atoms with van der Waals surface area (Å²) in [5.74, 6) is 0.739. The quantitative estimate of drug-likeness (QED) is 0.693. The predicted octanol–water partition coefficient (Wildman–Crippen LogP) is 1.05. The van der Waals surface area contributed by atoms with Crippen LogP contribution in [0.4, 0.5) is 0 Å². The van der Waals surface area contributed by atoms with Gasteiger partial charge in [-0.05, 0) is 31.5 Å². The van der Waals surface area contributed by atoms with E-state index in [1.54, 1.807) is 6.92 Å². The Hall–Kier alpha value is -1.10. The minimum Gasteiger partial charge on any atom is -0.491 e. The van der Waals surface area contributed by atoms with Gasteiger partial charge in [0.1, 0.15) is 5.75 Å². The molecule has 0 bridgehead atoms. The van der Waals surface area contributed by atoms with E-state index in [0.717, 1.165) is 11.3 Å². The van der Waals surface area contributed by atoms with Gasteiger partial charge in [-0.25, -0.2) is 0 Å². The third kappa shape index (κ3) is 4.73. The highest BCUT2D eigenvalue weighted by atomic mass is 16.5. The van der Waals surface area contributed by atoms with Crippen LogP contribution in [0.3, 0.4) is 0 Å². The molecule has 4 nitrogen and oxygen atoms in total. The molecule has 0 aliphatic heterocycles. The summed E-state index contributed by atoms with van der Waals surface area (Å²) in [4.78, 5) is 0. The Kier molecular flexibility index (Phi) is 4.93. The molecule has 4 heteroatoms. The molecule has 1 aromatic rings. The van der Waals surface area contributed by atoms with Crippen LogP contribution in [0.2, 0.25) is 0 Å². The van der Waals surface area contributed by atoms with Gasteiger partial charge in [0.15, 0.2) is 0 Å². The second-order valence-electron chi connectivity index (χ2n) is 4.75. The fourth-order valence-electron chi connectivity index (χ4n) is 1.67. The van der Waals surface area contributed by atoms with Crippen LogP contribution in [0, 0.1) is 0 Å². The lowest BCUT2D eigenvalue weighted by atomic mass is 9.97. The summed E-state index contributed by atoms with van der Waals surface area (Å²) >= 11 is 0. The smallest absolute Gasteiger partial charge is 0.119 e. The Morgan fingerprint density at radius 3 is 2.35 bits per heavy atom. The summed E-state index contributed by atoms with van der Waals surface area (Å²) in [6.45, 7) is 3.67. The zero-order valence-electron chi connectivity index (χ0n) is 10.4. The summed E-state index contributed by atoms with van der Waals surface area (Å²) < 4.78 is 5.68. The van der Waals surface area contributed by atoms with E-state index in [1.807, 2.05) is 31.2 Å². The lowest BCUT2D eigenvalue weighted by Crippen LogP contribution is -2.43. The zero-order chi connectivity index (χ0) is 12.9. The van der Waals surface area contributed by atoms with E-state index in [-0.39, 0.29) is 19.3 Å². The van der Waals surface area contributed by atoms with Crippen LogP contribution in [0.25, 0.3) is 0 Å². The Bertz CT molecular complexity index is 335. The van der Waals surface area contributed by atoms with Crippen molar-refractivity contribution in [2.45, 2.75) is 38.5 Å². The van der Waals surface area contributed by atoms with Crippen molar-refractivity contribution in [2.75, 3.05) is 6.61 Å². The second-order valence-corrected chi connectivity index (χ2v) is 4.75. The van der Waals surface area contributed by atoms with Crippen LogP contribution in [0.1, 0.15) is 25.8 Å². The number of hydrogen-bond donors (Lipinski definition) is 3. The summed E-state index contributed by atoms with van der Waals surface area (Å²) in [7, 11) is 0. The molecule has 0 fully saturated rings. The number of hydrogen-bond acceptors (Lipinski definition) is 4. The minimum absolute atomic E-state index is 0.0290. The van der Waals surface area contributed by atoms with Gasteiger partial charge in [0.2, 0.25) is 0 Å². The van der Waals surface area contributed by atoms with E-state index in [9.17, 15) is 0 Å². The first-order valence-electron chi connectivity index (χ1n) is 5.73. The second kappa shape index (κ2) is 6.00. The highest BCUT2D eigenvalue weighted by Gasteiger charge is 2.21. The van der Waals surface area contributed by atoms with Gasteiger partial charge in [0.25, 0.3) is 0 Å². The van der Waals surface area contributed by atoms with E-state index in [2.05, 4.69) is 0 Å². The Labute approximate surface area is 102 Å². The van der Waals surface area contributed by atoms with Crippen molar-refractivity contribution in [2.24, 2.45) is 5.73 Å². The van der Waals surface area contributed by atoms with E-state index in [4.69, 9.17) is 20.7 Å². The van der Waals surface area contributed by atoms with Gasteiger partial charge in [-0.3, -0.25) is 0 Å². The van der Waals surface area contributed by atoms with Gasteiger partial charge < -0.3 is 20.7 Å². The maximum Gasteiger partial charge on any atom is 0.119 e. The molecular weight excluding hydrogens is 218 g/mol. The fourth-order valence-corrected chi connectivity index (χ4v) is 1.67. The average molecular weight is 239 g/mol. The number of aliphatic hydroxyl groups is 2. The van der Waals surface area contributed by atoms with E-state index >= 15 is 0 Å². The molecule has 0 aromatic heterocycles. The third-order valence-electron chi connectivity index (χ3n) is 2.56.